The van der Waals surface area contributed by atoms with Crippen molar-refractivity contribution in [1.82, 2.24) is 10.1 Å². The molecule has 1 N–H and O–H groups in total. The first-order valence-corrected chi connectivity index (χ1v) is 6.51. The van der Waals surface area contributed by atoms with Crippen LogP contribution in [0.15, 0.2) is 16.8 Å². The highest BCUT2D eigenvalue weighted by molar-refractivity contribution is 5.75. The van der Waals surface area contributed by atoms with Gasteiger partial charge in [0.25, 0.3) is 0 Å². The van der Waals surface area contributed by atoms with Gasteiger partial charge in [-0.15, -0.1) is 0 Å². The first-order valence-electron chi connectivity index (χ1n) is 6.51. The minimum Gasteiger partial charge on any atom is -0.481 e. The summed E-state index contributed by atoms with van der Waals surface area (Å²) >= 11 is 0. The summed E-state index contributed by atoms with van der Waals surface area (Å²) in [5, 5.41) is 13.2. The third kappa shape index (κ3) is 2.72. The number of piperidine rings is 1. The van der Waals surface area contributed by atoms with E-state index in [1.807, 2.05) is 13.0 Å². The summed E-state index contributed by atoms with van der Waals surface area (Å²) in [7, 11) is 0. The maximum absolute atomic E-state index is 11.6. The van der Waals surface area contributed by atoms with Gasteiger partial charge in [-0.3, -0.25) is 9.69 Å². The first kappa shape index (κ1) is 13.1. The molecule has 0 spiro atoms. The van der Waals surface area contributed by atoms with E-state index in [0.29, 0.717) is 13.1 Å². The van der Waals surface area contributed by atoms with E-state index in [0.717, 1.165) is 38.0 Å². The van der Waals surface area contributed by atoms with Crippen LogP contribution in [0, 0.1) is 5.41 Å². The van der Waals surface area contributed by atoms with Crippen molar-refractivity contribution in [1.29, 1.82) is 0 Å². The maximum Gasteiger partial charge on any atom is 0.310 e. The van der Waals surface area contributed by atoms with E-state index in [2.05, 4.69) is 10.1 Å². The predicted octanol–water partition coefficient (Wildman–Crippen LogP) is 2.14. The Labute approximate surface area is 107 Å². The van der Waals surface area contributed by atoms with Crippen LogP contribution < -0.4 is 0 Å². The van der Waals surface area contributed by atoms with Gasteiger partial charge < -0.3 is 9.63 Å². The molecular formula is C13H20N2O3. The van der Waals surface area contributed by atoms with Gasteiger partial charge in [-0.25, -0.2) is 0 Å². The molecule has 0 amide bonds. The van der Waals surface area contributed by atoms with Gasteiger partial charge in [-0.05, 0) is 25.8 Å². The van der Waals surface area contributed by atoms with Crippen molar-refractivity contribution >= 4 is 5.97 Å². The number of hydrogen-bond donors (Lipinski definition) is 1. The van der Waals surface area contributed by atoms with Crippen LogP contribution in [-0.2, 0) is 11.3 Å². The average molecular weight is 252 g/mol. The largest absolute Gasteiger partial charge is 0.481 e. The lowest BCUT2D eigenvalue weighted by molar-refractivity contribution is -0.153. The third-order valence-electron chi connectivity index (χ3n) is 3.71. The molecule has 2 heterocycles. The van der Waals surface area contributed by atoms with E-state index in [1.165, 1.54) is 0 Å². The normalized spacial score (nSPS) is 25.2. The first-order chi connectivity index (χ1) is 8.66. The molecule has 0 radical (unpaired) electrons. The summed E-state index contributed by atoms with van der Waals surface area (Å²) in [4.78, 5) is 13.7. The smallest absolute Gasteiger partial charge is 0.310 e. The SMILES string of the molecule is CCCC1(C(=O)O)CCCN(Cc2ccno2)C1. The molecule has 0 bridgehead atoms. The highest BCUT2D eigenvalue weighted by Gasteiger charge is 2.41. The van der Waals surface area contributed by atoms with Crippen LogP contribution in [0.3, 0.4) is 0 Å². The van der Waals surface area contributed by atoms with Crippen LogP contribution >= 0.6 is 0 Å². The number of aliphatic carboxylic acids is 1. The molecule has 1 aliphatic rings. The van der Waals surface area contributed by atoms with Gasteiger partial charge in [0.1, 0.15) is 0 Å². The molecule has 1 aromatic rings. The second-order valence-electron chi connectivity index (χ2n) is 5.13. The van der Waals surface area contributed by atoms with Crippen LogP contribution in [0.4, 0.5) is 0 Å². The average Bonchev–Trinajstić information content (AvgIpc) is 2.82. The van der Waals surface area contributed by atoms with Gasteiger partial charge in [0.2, 0.25) is 0 Å². The van der Waals surface area contributed by atoms with Crippen molar-refractivity contribution in [2.24, 2.45) is 5.41 Å². The summed E-state index contributed by atoms with van der Waals surface area (Å²) in [6.07, 6.45) is 4.98. The molecule has 1 saturated heterocycles. The Bertz CT molecular complexity index is 387. The van der Waals surface area contributed by atoms with Crippen molar-refractivity contribution in [2.45, 2.75) is 39.2 Å². The molecule has 2 rings (SSSR count). The molecule has 5 nitrogen and oxygen atoms in total. The van der Waals surface area contributed by atoms with Crippen molar-refractivity contribution in [3.63, 3.8) is 0 Å². The third-order valence-corrected chi connectivity index (χ3v) is 3.71. The lowest BCUT2D eigenvalue weighted by Crippen LogP contribution is -2.47. The van der Waals surface area contributed by atoms with Crippen molar-refractivity contribution in [2.75, 3.05) is 13.1 Å². The zero-order valence-corrected chi connectivity index (χ0v) is 10.8. The Kier molecular flexibility index (Phi) is 4.01. The van der Waals surface area contributed by atoms with Gasteiger partial charge >= 0.3 is 5.97 Å². The molecule has 1 fully saturated rings. The molecule has 1 atom stereocenters. The molecule has 18 heavy (non-hydrogen) atoms. The molecular weight excluding hydrogens is 232 g/mol. The highest BCUT2D eigenvalue weighted by Crippen LogP contribution is 2.35. The quantitative estimate of drug-likeness (QED) is 0.869. The van der Waals surface area contributed by atoms with Gasteiger partial charge in [0.15, 0.2) is 5.76 Å². The van der Waals surface area contributed by atoms with Gasteiger partial charge in [0.05, 0.1) is 18.2 Å². The molecule has 0 saturated carbocycles. The van der Waals surface area contributed by atoms with E-state index in [4.69, 9.17) is 4.52 Å². The van der Waals surface area contributed by atoms with E-state index in [-0.39, 0.29) is 0 Å². The predicted molar refractivity (Wildman–Crippen MR) is 66.0 cm³/mol. The van der Waals surface area contributed by atoms with Crippen LogP contribution in [0.25, 0.3) is 0 Å². The Hall–Kier alpha value is -1.36. The summed E-state index contributed by atoms with van der Waals surface area (Å²) in [5.74, 6) is 0.138. The molecule has 1 aromatic heterocycles. The fourth-order valence-electron chi connectivity index (χ4n) is 2.87. The van der Waals surface area contributed by atoms with Crippen LogP contribution in [0.5, 0.6) is 0 Å². The van der Waals surface area contributed by atoms with E-state index >= 15 is 0 Å². The fourth-order valence-corrected chi connectivity index (χ4v) is 2.87. The molecule has 5 heteroatoms. The van der Waals surface area contributed by atoms with Crippen molar-refractivity contribution in [3.8, 4) is 0 Å². The second kappa shape index (κ2) is 5.52. The Morgan fingerprint density at radius 3 is 3.11 bits per heavy atom. The van der Waals surface area contributed by atoms with E-state index in [9.17, 15) is 9.90 Å². The zero-order chi connectivity index (χ0) is 13.0. The number of hydrogen-bond acceptors (Lipinski definition) is 4. The highest BCUT2D eigenvalue weighted by atomic mass is 16.5. The molecule has 1 aliphatic heterocycles. The Balaban J connectivity index is 2.04. The van der Waals surface area contributed by atoms with Gasteiger partial charge in [-0.1, -0.05) is 18.5 Å². The lowest BCUT2D eigenvalue weighted by atomic mass is 9.76. The van der Waals surface area contributed by atoms with Crippen LogP contribution in [0.1, 0.15) is 38.4 Å². The Morgan fingerprint density at radius 2 is 2.50 bits per heavy atom. The minimum absolute atomic E-state index is 0.576. The molecule has 0 aliphatic carbocycles. The van der Waals surface area contributed by atoms with Gasteiger partial charge in [-0.2, -0.15) is 0 Å². The summed E-state index contributed by atoms with van der Waals surface area (Å²) < 4.78 is 5.09. The van der Waals surface area contributed by atoms with Gasteiger partial charge in [0, 0.05) is 12.6 Å². The summed E-state index contributed by atoms with van der Waals surface area (Å²) in [5.41, 5.74) is -0.576. The molecule has 0 aromatic carbocycles. The number of carboxylic acid groups (broad SMARTS) is 1. The standard InChI is InChI=1S/C13H20N2O3/c1-2-5-13(12(16)17)6-3-8-15(10-13)9-11-4-7-14-18-11/h4,7H,2-3,5-6,8-10H2,1H3,(H,16,17). The van der Waals surface area contributed by atoms with Crippen LogP contribution in [-0.4, -0.2) is 34.2 Å². The number of aromatic nitrogens is 1. The maximum atomic E-state index is 11.6. The monoisotopic (exact) mass is 252 g/mol. The number of rotatable bonds is 5. The van der Waals surface area contributed by atoms with E-state index in [1.54, 1.807) is 6.20 Å². The number of nitrogens with zero attached hydrogens (tertiary/aromatic N) is 2. The van der Waals surface area contributed by atoms with Crippen LogP contribution in [0.2, 0.25) is 0 Å². The number of carbonyl (C=O) groups is 1. The fraction of sp³-hybridized carbons (Fsp3) is 0.692. The van der Waals surface area contributed by atoms with Crippen molar-refractivity contribution < 1.29 is 14.4 Å². The topological polar surface area (TPSA) is 66.6 Å². The summed E-state index contributed by atoms with van der Waals surface area (Å²) in [6.45, 7) is 4.23. The molecule has 1 unspecified atom stereocenters. The Morgan fingerprint density at radius 1 is 1.67 bits per heavy atom. The lowest BCUT2D eigenvalue weighted by Gasteiger charge is -2.39. The summed E-state index contributed by atoms with van der Waals surface area (Å²) in [6, 6.07) is 1.83. The minimum atomic E-state index is -0.661. The second-order valence-corrected chi connectivity index (χ2v) is 5.13. The molecule has 100 valence electrons. The number of likely N-dealkylation sites (tertiary alicyclic amines) is 1. The van der Waals surface area contributed by atoms with E-state index < -0.39 is 11.4 Å². The van der Waals surface area contributed by atoms with Crippen molar-refractivity contribution in [3.05, 3.63) is 18.0 Å². The number of carboxylic acids is 1. The zero-order valence-electron chi connectivity index (χ0n) is 10.8.